The third kappa shape index (κ3) is 4.10. The van der Waals surface area contributed by atoms with Gasteiger partial charge in [0.2, 0.25) is 5.75 Å². The van der Waals surface area contributed by atoms with E-state index in [4.69, 9.17) is 24.2 Å². The molecule has 8 heteroatoms. The monoisotopic (exact) mass is 368 g/mol. The molecule has 1 amide bonds. The molecule has 1 aliphatic heterocycles. The van der Waals surface area contributed by atoms with Gasteiger partial charge in [-0.05, 0) is 24.3 Å². The van der Waals surface area contributed by atoms with Crippen LogP contribution in [0.3, 0.4) is 0 Å². The van der Waals surface area contributed by atoms with E-state index in [1.165, 1.54) is 19.2 Å². The SMILES string of the molecule is COc1cc(C(=O)OCC(=O)Nc2ccccc2C#N)cc2c1OCCO2. The number of hydrogen-bond acceptors (Lipinski definition) is 7. The normalized spacial score (nSPS) is 11.9. The molecule has 3 rings (SSSR count). The summed E-state index contributed by atoms with van der Waals surface area (Å²) in [6.07, 6.45) is 0. The minimum Gasteiger partial charge on any atom is -0.493 e. The summed E-state index contributed by atoms with van der Waals surface area (Å²) >= 11 is 0. The number of nitrogens with zero attached hydrogens (tertiary/aromatic N) is 1. The largest absolute Gasteiger partial charge is 0.493 e. The van der Waals surface area contributed by atoms with Crippen molar-refractivity contribution in [3.05, 3.63) is 47.5 Å². The van der Waals surface area contributed by atoms with Crippen LogP contribution in [0.2, 0.25) is 0 Å². The Bertz CT molecular complexity index is 902. The molecule has 0 unspecified atom stereocenters. The van der Waals surface area contributed by atoms with Gasteiger partial charge in [-0.3, -0.25) is 4.79 Å². The van der Waals surface area contributed by atoms with Gasteiger partial charge in [0.15, 0.2) is 18.1 Å². The van der Waals surface area contributed by atoms with Crippen molar-refractivity contribution in [2.24, 2.45) is 0 Å². The summed E-state index contributed by atoms with van der Waals surface area (Å²) in [5, 5.41) is 11.6. The smallest absolute Gasteiger partial charge is 0.338 e. The molecule has 1 aliphatic rings. The summed E-state index contributed by atoms with van der Waals surface area (Å²) in [6.45, 7) is 0.238. The van der Waals surface area contributed by atoms with E-state index < -0.39 is 18.5 Å². The number of hydrogen-bond donors (Lipinski definition) is 1. The number of esters is 1. The van der Waals surface area contributed by atoms with Gasteiger partial charge in [-0.25, -0.2) is 4.79 Å². The third-order valence-electron chi connectivity index (χ3n) is 3.72. The number of methoxy groups -OCH3 is 1. The molecule has 0 fully saturated rings. The van der Waals surface area contributed by atoms with Crippen LogP contribution in [0.15, 0.2) is 36.4 Å². The van der Waals surface area contributed by atoms with Crippen molar-refractivity contribution in [1.82, 2.24) is 0 Å². The summed E-state index contributed by atoms with van der Waals surface area (Å²) < 4.78 is 21.2. The van der Waals surface area contributed by atoms with E-state index in [1.54, 1.807) is 24.3 Å². The van der Waals surface area contributed by atoms with Gasteiger partial charge in [0, 0.05) is 0 Å². The third-order valence-corrected chi connectivity index (χ3v) is 3.72. The van der Waals surface area contributed by atoms with Crippen molar-refractivity contribution >= 4 is 17.6 Å². The van der Waals surface area contributed by atoms with Gasteiger partial charge in [-0.2, -0.15) is 5.26 Å². The first-order chi connectivity index (χ1) is 13.1. The molecule has 138 valence electrons. The topological polar surface area (TPSA) is 107 Å². The van der Waals surface area contributed by atoms with Gasteiger partial charge in [0.05, 0.1) is 23.9 Å². The zero-order chi connectivity index (χ0) is 19.2. The van der Waals surface area contributed by atoms with Crippen molar-refractivity contribution in [3.63, 3.8) is 0 Å². The standard InChI is InChI=1S/C19H16N2O6/c1-24-15-8-13(9-16-18(15)26-7-6-25-16)19(23)27-11-17(22)21-14-5-3-2-4-12(14)10-20/h2-5,8-9H,6-7,11H2,1H3,(H,21,22). The predicted octanol–water partition coefficient (Wildman–Crippen LogP) is 2.13. The Morgan fingerprint density at radius 1 is 1.22 bits per heavy atom. The van der Waals surface area contributed by atoms with Crippen LogP contribution in [0.4, 0.5) is 5.69 Å². The molecule has 0 atom stereocenters. The Labute approximate surface area is 155 Å². The molecule has 27 heavy (non-hydrogen) atoms. The number of nitriles is 1. The minimum atomic E-state index is -0.714. The first-order valence-electron chi connectivity index (χ1n) is 8.06. The van der Waals surface area contributed by atoms with Crippen molar-refractivity contribution < 1.29 is 28.5 Å². The number of fused-ring (bicyclic) bond motifs is 1. The molecule has 0 saturated heterocycles. The molecule has 1 N–H and O–H groups in total. The van der Waals surface area contributed by atoms with Crippen LogP contribution in [0.5, 0.6) is 17.2 Å². The van der Waals surface area contributed by atoms with Crippen molar-refractivity contribution in [2.45, 2.75) is 0 Å². The number of carbonyl (C=O) groups is 2. The number of para-hydroxylation sites is 1. The lowest BCUT2D eigenvalue weighted by atomic mass is 10.1. The molecular formula is C19H16N2O6. The molecule has 8 nitrogen and oxygen atoms in total. The first-order valence-corrected chi connectivity index (χ1v) is 8.06. The summed E-state index contributed by atoms with van der Waals surface area (Å²) in [7, 11) is 1.45. The van der Waals surface area contributed by atoms with E-state index in [1.807, 2.05) is 6.07 Å². The lowest BCUT2D eigenvalue weighted by Crippen LogP contribution is -2.22. The molecule has 0 spiro atoms. The number of anilines is 1. The summed E-state index contributed by atoms with van der Waals surface area (Å²) in [5.41, 5.74) is 0.831. The lowest BCUT2D eigenvalue weighted by molar-refractivity contribution is -0.119. The van der Waals surface area contributed by atoms with Crippen molar-refractivity contribution in [2.75, 3.05) is 32.2 Å². The number of carbonyl (C=O) groups excluding carboxylic acids is 2. The second-order valence-electron chi connectivity index (χ2n) is 5.48. The van der Waals surface area contributed by atoms with E-state index in [0.29, 0.717) is 41.7 Å². The lowest BCUT2D eigenvalue weighted by Gasteiger charge is -2.21. The van der Waals surface area contributed by atoms with Crippen LogP contribution >= 0.6 is 0 Å². The average Bonchev–Trinajstić information content (AvgIpc) is 2.71. The molecule has 2 aromatic rings. The van der Waals surface area contributed by atoms with Gasteiger partial charge < -0.3 is 24.3 Å². The highest BCUT2D eigenvalue weighted by atomic mass is 16.6. The maximum absolute atomic E-state index is 12.3. The fourth-order valence-corrected chi connectivity index (χ4v) is 2.48. The Balaban J connectivity index is 1.65. The van der Waals surface area contributed by atoms with E-state index in [9.17, 15) is 9.59 Å². The van der Waals surface area contributed by atoms with E-state index in [0.717, 1.165) is 0 Å². The highest BCUT2D eigenvalue weighted by molar-refractivity contribution is 5.96. The van der Waals surface area contributed by atoms with Gasteiger partial charge in [-0.15, -0.1) is 0 Å². The van der Waals surface area contributed by atoms with Crippen LogP contribution < -0.4 is 19.5 Å². The highest BCUT2D eigenvalue weighted by Gasteiger charge is 2.22. The summed E-state index contributed by atoms with van der Waals surface area (Å²) in [4.78, 5) is 24.3. The molecule has 2 aromatic carbocycles. The number of benzene rings is 2. The Kier molecular flexibility index (Phi) is 5.42. The molecular weight excluding hydrogens is 352 g/mol. The minimum absolute atomic E-state index is 0.168. The van der Waals surface area contributed by atoms with Crippen molar-refractivity contribution in [3.8, 4) is 23.3 Å². The van der Waals surface area contributed by atoms with Crippen LogP contribution in [0, 0.1) is 11.3 Å². The highest BCUT2D eigenvalue weighted by Crippen LogP contribution is 2.40. The molecule has 0 radical (unpaired) electrons. The Morgan fingerprint density at radius 3 is 2.78 bits per heavy atom. The number of amides is 1. The van der Waals surface area contributed by atoms with Crippen LogP contribution in [0.1, 0.15) is 15.9 Å². The fourth-order valence-electron chi connectivity index (χ4n) is 2.48. The molecule has 0 aromatic heterocycles. The summed E-state index contributed by atoms with van der Waals surface area (Å²) in [6, 6.07) is 11.4. The Hall–Kier alpha value is -3.73. The van der Waals surface area contributed by atoms with Crippen LogP contribution in [-0.4, -0.2) is 38.8 Å². The molecule has 0 bridgehead atoms. The second kappa shape index (κ2) is 8.10. The average molecular weight is 368 g/mol. The van der Waals surface area contributed by atoms with Gasteiger partial charge in [-0.1, -0.05) is 12.1 Å². The van der Waals surface area contributed by atoms with Crippen molar-refractivity contribution in [1.29, 1.82) is 5.26 Å². The van der Waals surface area contributed by atoms with E-state index in [-0.39, 0.29) is 5.56 Å². The van der Waals surface area contributed by atoms with Gasteiger partial charge in [0.1, 0.15) is 19.3 Å². The first kappa shape index (κ1) is 18.1. The van der Waals surface area contributed by atoms with Crippen LogP contribution in [-0.2, 0) is 9.53 Å². The van der Waals surface area contributed by atoms with E-state index >= 15 is 0 Å². The molecule has 1 heterocycles. The fraction of sp³-hybridized carbons (Fsp3) is 0.211. The Morgan fingerprint density at radius 2 is 2.00 bits per heavy atom. The van der Waals surface area contributed by atoms with Gasteiger partial charge in [0.25, 0.3) is 5.91 Å². The van der Waals surface area contributed by atoms with Gasteiger partial charge >= 0.3 is 5.97 Å². The molecule has 0 saturated carbocycles. The number of ether oxygens (including phenoxy) is 4. The zero-order valence-electron chi connectivity index (χ0n) is 14.5. The zero-order valence-corrected chi connectivity index (χ0v) is 14.5. The molecule has 0 aliphatic carbocycles. The second-order valence-corrected chi connectivity index (χ2v) is 5.48. The quantitative estimate of drug-likeness (QED) is 0.806. The number of nitrogens with one attached hydrogen (secondary N) is 1. The predicted molar refractivity (Wildman–Crippen MR) is 94.1 cm³/mol. The number of rotatable bonds is 5. The van der Waals surface area contributed by atoms with Crippen LogP contribution in [0.25, 0.3) is 0 Å². The maximum atomic E-state index is 12.3. The summed E-state index contributed by atoms with van der Waals surface area (Å²) in [5.74, 6) is -0.137. The maximum Gasteiger partial charge on any atom is 0.338 e. The van der Waals surface area contributed by atoms with E-state index in [2.05, 4.69) is 5.32 Å².